The van der Waals surface area contributed by atoms with Crippen molar-refractivity contribution >= 4 is 39.0 Å². The largest absolute Gasteiger partial charge is 0.511 e. The summed E-state index contributed by atoms with van der Waals surface area (Å²) in [6.07, 6.45) is 1.16. The molecule has 0 amide bonds. The Hall–Kier alpha value is -3.80. The number of ether oxygens (including phenoxy) is 1. The molecule has 6 heteroatoms. The SMILES string of the molecule is CCn1c2ccccc2c2cc(-c3nc4cc(OC(=O)O)ccc4n3CC3CC3)ccc21. The van der Waals surface area contributed by atoms with Crippen molar-refractivity contribution in [1.82, 2.24) is 14.1 Å². The zero-order valence-electron chi connectivity index (χ0n) is 17.8. The predicted octanol–water partition coefficient (Wildman–Crippen LogP) is 6.30. The summed E-state index contributed by atoms with van der Waals surface area (Å²) in [6, 6.07) is 20.4. The third-order valence-electron chi connectivity index (χ3n) is 6.41. The fourth-order valence-electron chi connectivity index (χ4n) is 4.77. The van der Waals surface area contributed by atoms with Crippen molar-refractivity contribution in [2.24, 2.45) is 5.92 Å². The number of nitrogens with zero attached hydrogens (tertiary/aromatic N) is 3. The monoisotopic (exact) mass is 425 g/mol. The minimum atomic E-state index is -1.32. The number of carbonyl (C=O) groups is 1. The molecule has 1 fully saturated rings. The number of fused-ring (bicyclic) bond motifs is 4. The van der Waals surface area contributed by atoms with Crippen LogP contribution in [-0.2, 0) is 13.1 Å². The van der Waals surface area contributed by atoms with Crippen molar-refractivity contribution in [3.63, 3.8) is 0 Å². The first-order valence-electron chi connectivity index (χ1n) is 11.0. The van der Waals surface area contributed by atoms with Gasteiger partial charge >= 0.3 is 6.16 Å². The lowest BCUT2D eigenvalue weighted by atomic mass is 10.1. The van der Waals surface area contributed by atoms with Crippen molar-refractivity contribution in [2.75, 3.05) is 0 Å². The number of rotatable bonds is 5. The average Bonchev–Trinajstić information content (AvgIpc) is 3.46. The van der Waals surface area contributed by atoms with Crippen LogP contribution in [0.15, 0.2) is 60.7 Å². The Kier molecular flexibility index (Phi) is 4.21. The van der Waals surface area contributed by atoms with Gasteiger partial charge in [-0.3, -0.25) is 0 Å². The minimum Gasteiger partial charge on any atom is -0.449 e. The molecular formula is C26H23N3O3. The summed E-state index contributed by atoms with van der Waals surface area (Å²) in [5.74, 6) is 1.87. The zero-order valence-corrected chi connectivity index (χ0v) is 17.8. The standard InChI is InChI=1S/C26H23N3O3/c1-2-28-22-6-4-3-5-19(22)20-13-17(9-11-23(20)28)25-27-21-14-18(32-26(30)31)10-12-24(21)29(25)15-16-7-8-16/h3-6,9-14,16H,2,7-8,15H2,1H3,(H,30,31). The van der Waals surface area contributed by atoms with Gasteiger partial charge in [0.15, 0.2) is 0 Å². The average molecular weight is 425 g/mol. The fraction of sp³-hybridized carbons (Fsp3) is 0.231. The van der Waals surface area contributed by atoms with Crippen molar-refractivity contribution in [3.8, 4) is 17.1 Å². The number of aryl methyl sites for hydroxylation is 1. The molecule has 1 aliphatic carbocycles. The van der Waals surface area contributed by atoms with Crippen LogP contribution >= 0.6 is 0 Å². The maximum atomic E-state index is 11.0. The van der Waals surface area contributed by atoms with E-state index < -0.39 is 6.16 Å². The molecule has 0 saturated heterocycles. The van der Waals surface area contributed by atoms with Gasteiger partial charge in [-0.15, -0.1) is 0 Å². The van der Waals surface area contributed by atoms with Gasteiger partial charge in [-0.1, -0.05) is 18.2 Å². The molecule has 0 aliphatic heterocycles. The summed E-state index contributed by atoms with van der Waals surface area (Å²) in [7, 11) is 0. The van der Waals surface area contributed by atoms with Crippen LogP contribution in [-0.4, -0.2) is 25.4 Å². The van der Waals surface area contributed by atoms with Gasteiger partial charge in [-0.25, -0.2) is 9.78 Å². The van der Waals surface area contributed by atoms with Crippen LogP contribution in [0.25, 0.3) is 44.2 Å². The number of aromatic nitrogens is 3. The molecule has 3 aromatic carbocycles. The van der Waals surface area contributed by atoms with Crippen LogP contribution in [0.5, 0.6) is 5.75 Å². The molecule has 2 heterocycles. The third-order valence-corrected chi connectivity index (χ3v) is 6.41. The Balaban J connectivity index is 1.56. The van der Waals surface area contributed by atoms with Crippen LogP contribution in [0.3, 0.4) is 0 Å². The molecule has 0 spiro atoms. The van der Waals surface area contributed by atoms with Gasteiger partial charge in [0.2, 0.25) is 0 Å². The van der Waals surface area contributed by atoms with E-state index in [4.69, 9.17) is 14.8 Å². The maximum absolute atomic E-state index is 11.0. The van der Waals surface area contributed by atoms with E-state index in [0.29, 0.717) is 5.92 Å². The van der Waals surface area contributed by atoms with Gasteiger partial charge in [0.1, 0.15) is 11.6 Å². The van der Waals surface area contributed by atoms with Crippen molar-refractivity contribution in [2.45, 2.75) is 32.9 Å². The first kappa shape index (κ1) is 18.9. The van der Waals surface area contributed by atoms with Gasteiger partial charge in [0.05, 0.1) is 11.0 Å². The normalized spacial score (nSPS) is 13.9. The van der Waals surface area contributed by atoms with Gasteiger partial charge in [0, 0.05) is 46.5 Å². The highest BCUT2D eigenvalue weighted by molar-refractivity contribution is 6.09. The van der Waals surface area contributed by atoms with E-state index in [0.717, 1.165) is 35.5 Å². The van der Waals surface area contributed by atoms with Crippen LogP contribution in [0.2, 0.25) is 0 Å². The van der Waals surface area contributed by atoms with E-state index in [9.17, 15) is 4.79 Å². The number of carboxylic acid groups (broad SMARTS) is 1. The Morgan fingerprint density at radius 2 is 1.78 bits per heavy atom. The van der Waals surface area contributed by atoms with Crippen LogP contribution in [0.4, 0.5) is 4.79 Å². The lowest BCUT2D eigenvalue weighted by Crippen LogP contribution is -2.03. The highest BCUT2D eigenvalue weighted by Crippen LogP contribution is 2.37. The highest BCUT2D eigenvalue weighted by atomic mass is 16.7. The second kappa shape index (κ2) is 7.12. The van der Waals surface area contributed by atoms with Gasteiger partial charge in [-0.2, -0.15) is 0 Å². The Labute approximate surface area is 184 Å². The summed E-state index contributed by atoms with van der Waals surface area (Å²) in [5.41, 5.74) is 5.27. The summed E-state index contributed by atoms with van der Waals surface area (Å²) in [5, 5.41) is 11.4. The Morgan fingerprint density at radius 3 is 2.56 bits per heavy atom. The molecule has 32 heavy (non-hydrogen) atoms. The number of imidazole rings is 1. The highest BCUT2D eigenvalue weighted by Gasteiger charge is 2.25. The molecule has 1 saturated carbocycles. The lowest BCUT2D eigenvalue weighted by molar-refractivity contribution is 0.144. The number of hydrogen-bond acceptors (Lipinski definition) is 3. The van der Waals surface area contributed by atoms with Crippen molar-refractivity contribution in [3.05, 3.63) is 60.7 Å². The van der Waals surface area contributed by atoms with Gasteiger partial charge in [-0.05, 0) is 62.1 Å². The molecule has 0 bridgehead atoms. The van der Waals surface area contributed by atoms with E-state index >= 15 is 0 Å². The Bertz CT molecular complexity index is 1510. The van der Waals surface area contributed by atoms with E-state index in [-0.39, 0.29) is 5.75 Å². The first-order valence-corrected chi connectivity index (χ1v) is 11.0. The molecule has 2 aromatic heterocycles. The molecule has 6 nitrogen and oxygen atoms in total. The molecule has 0 unspecified atom stereocenters. The second-order valence-electron chi connectivity index (χ2n) is 8.50. The van der Waals surface area contributed by atoms with Crippen LogP contribution in [0.1, 0.15) is 19.8 Å². The molecule has 1 aliphatic rings. The summed E-state index contributed by atoms with van der Waals surface area (Å²) in [6.45, 7) is 4.00. The van der Waals surface area contributed by atoms with E-state index in [1.807, 2.05) is 6.07 Å². The number of benzene rings is 3. The zero-order chi connectivity index (χ0) is 21.8. The number of para-hydroxylation sites is 1. The minimum absolute atomic E-state index is 0.286. The molecule has 0 atom stereocenters. The second-order valence-corrected chi connectivity index (χ2v) is 8.50. The predicted molar refractivity (Wildman–Crippen MR) is 125 cm³/mol. The topological polar surface area (TPSA) is 69.3 Å². The van der Waals surface area contributed by atoms with Crippen molar-refractivity contribution in [1.29, 1.82) is 0 Å². The molecule has 6 rings (SSSR count). The number of hydrogen-bond donors (Lipinski definition) is 1. The van der Waals surface area contributed by atoms with E-state index in [1.165, 1.54) is 34.6 Å². The molecule has 1 N–H and O–H groups in total. The maximum Gasteiger partial charge on any atom is 0.511 e. The molecular weight excluding hydrogens is 402 g/mol. The lowest BCUT2D eigenvalue weighted by Gasteiger charge is -2.09. The first-order chi connectivity index (χ1) is 15.6. The summed E-state index contributed by atoms with van der Waals surface area (Å²) in [4.78, 5) is 15.9. The quantitative estimate of drug-likeness (QED) is 0.265. The Morgan fingerprint density at radius 1 is 1.00 bits per heavy atom. The molecule has 160 valence electrons. The van der Waals surface area contributed by atoms with Crippen LogP contribution < -0.4 is 4.74 Å². The van der Waals surface area contributed by atoms with Crippen molar-refractivity contribution < 1.29 is 14.6 Å². The van der Waals surface area contributed by atoms with E-state index in [2.05, 4.69) is 58.5 Å². The van der Waals surface area contributed by atoms with E-state index in [1.54, 1.807) is 12.1 Å². The summed E-state index contributed by atoms with van der Waals surface area (Å²) >= 11 is 0. The van der Waals surface area contributed by atoms with Gasteiger partial charge < -0.3 is 19.0 Å². The van der Waals surface area contributed by atoms with Crippen LogP contribution in [0, 0.1) is 5.92 Å². The summed E-state index contributed by atoms with van der Waals surface area (Å²) < 4.78 is 9.48. The van der Waals surface area contributed by atoms with Gasteiger partial charge in [0.25, 0.3) is 0 Å². The fourth-order valence-corrected chi connectivity index (χ4v) is 4.77. The smallest absolute Gasteiger partial charge is 0.449 e. The third kappa shape index (κ3) is 3.02. The molecule has 0 radical (unpaired) electrons. The molecule has 5 aromatic rings.